The van der Waals surface area contributed by atoms with Gasteiger partial charge in [-0.3, -0.25) is 4.90 Å². The lowest BCUT2D eigenvalue weighted by atomic mass is 10.1. The Balaban J connectivity index is 1.68. The summed E-state index contributed by atoms with van der Waals surface area (Å²) < 4.78 is 10.7. The summed E-state index contributed by atoms with van der Waals surface area (Å²) in [7, 11) is 1.66. The fraction of sp³-hybridized carbons (Fsp3) is 0.556. The van der Waals surface area contributed by atoms with Gasteiger partial charge in [0.15, 0.2) is 0 Å². The Morgan fingerprint density at radius 3 is 2.87 bits per heavy atom. The predicted octanol–water partition coefficient (Wildman–Crippen LogP) is 3.76. The third-order valence-electron chi connectivity index (χ3n) is 4.19. The van der Waals surface area contributed by atoms with Crippen molar-refractivity contribution in [3.8, 4) is 17.1 Å². The van der Waals surface area contributed by atoms with Gasteiger partial charge in [-0.25, -0.2) is 0 Å². The van der Waals surface area contributed by atoms with Gasteiger partial charge in [0.05, 0.1) is 13.7 Å². The summed E-state index contributed by atoms with van der Waals surface area (Å²) in [5.74, 6) is 2.83. The highest BCUT2D eigenvalue weighted by Gasteiger charge is 2.30. The smallest absolute Gasteiger partial charge is 0.241 e. The molecule has 0 saturated heterocycles. The highest BCUT2D eigenvalue weighted by atomic mass is 16.5. The van der Waals surface area contributed by atoms with E-state index in [0.29, 0.717) is 23.7 Å². The first-order chi connectivity index (χ1) is 11.2. The van der Waals surface area contributed by atoms with Gasteiger partial charge in [-0.2, -0.15) is 4.98 Å². The lowest BCUT2D eigenvalue weighted by Crippen LogP contribution is -2.27. The van der Waals surface area contributed by atoms with Crippen molar-refractivity contribution in [2.45, 2.75) is 45.7 Å². The molecule has 0 radical (unpaired) electrons. The van der Waals surface area contributed by atoms with Crippen LogP contribution in [0.5, 0.6) is 5.75 Å². The first-order valence-corrected chi connectivity index (χ1v) is 8.36. The highest BCUT2D eigenvalue weighted by Crippen LogP contribution is 2.29. The molecule has 0 unspecified atom stereocenters. The van der Waals surface area contributed by atoms with Gasteiger partial charge in [0.1, 0.15) is 5.75 Å². The van der Waals surface area contributed by atoms with Gasteiger partial charge < -0.3 is 9.26 Å². The van der Waals surface area contributed by atoms with Crippen molar-refractivity contribution in [3.63, 3.8) is 0 Å². The second-order valence-electron chi connectivity index (χ2n) is 6.63. The lowest BCUT2D eigenvalue weighted by molar-refractivity contribution is 0.207. The van der Waals surface area contributed by atoms with E-state index in [-0.39, 0.29) is 0 Å². The quantitative estimate of drug-likeness (QED) is 0.742. The predicted molar refractivity (Wildman–Crippen MR) is 89.2 cm³/mol. The number of aromatic nitrogens is 2. The van der Waals surface area contributed by atoms with Crippen LogP contribution in [-0.2, 0) is 6.54 Å². The number of hydrogen-bond acceptors (Lipinski definition) is 5. The number of hydrogen-bond donors (Lipinski definition) is 0. The fourth-order valence-corrected chi connectivity index (χ4v) is 2.63. The largest absolute Gasteiger partial charge is 0.497 e. The van der Waals surface area contributed by atoms with Crippen molar-refractivity contribution < 1.29 is 9.26 Å². The zero-order chi connectivity index (χ0) is 16.2. The maximum atomic E-state index is 5.46. The van der Waals surface area contributed by atoms with Gasteiger partial charge in [-0.1, -0.05) is 31.1 Å². The number of ether oxygens (including phenoxy) is 1. The van der Waals surface area contributed by atoms with Crippen LogP contribution in [0.15, 0.2) is 28.8 Å². The van der Waals surface area contributed by atoms with Crippen molar-refractivity contribution in [3.05, 3.63) is 30.2 Å². The van der Waals surface area contributed by atoms with E-state index in [2.05, 4.69) is 28.9 Å². The summed E-state index contributed by atoms with van der Waals surface area (Å²) in [5, 5.41) is 4.12. The van der Waals surface area contributed by atoms with Crippen LogP contribution in [0.3, 0.4) is 0 Å². The number of rotatable bonds is 8. The zero-order valence-electron chi connectivity index (χ0n) is 14.2. The molecule has 0 atom stereocenters. The van der Waals surface area contributed by atoms with Gasteiger partial charge in [0, 0.05) is 11.6 Å². The molecular weight excluding hydrogens is 290 g/mol. The lowest BCUT2D eigenvalue weighted by Gasteiger charge is -2.20. The van der Waals surface area contributed by atoms with Gasteiger partial charge >= 0.3 is 0 Å². The molecule has 0 aliphatic heterocycles. The molecule has 1 saturated carbocycles. The van der Waals surface area contributed by atoms with Crippen molar-refractivity contribution >= 4 is 0 Å². The maximum Gasteiger partial charge on any atom is 0.241 e. The topological polar surface area (TPSA) is 51.4 Å². The summed E-state index contributed by atoms with van der Waals surface area (Å²) >= 11 is 0. The molecule has 0 amide bonds. The van der Waals surface area contributed by atoms with Crippen molar-refractivity contribution in [1.29, 1.82) is 0 Å². The summed E-state index contributed by atoms with van der Waals surface area (Å²) in [6, 6.07) is 8.43. The Kier molecular flexibility index (Phi) is 4.96. The van der Waals surface area contributed by atoms with Crippen LogP contribution < -0.4 is 4.74 Å². The van der Waals surface area contributed by atoms with E-state index < -0.39 is 0 Å². The Bertz CT molecular complexity index is 635. The van der Waals surface area contributed by atoms with Gasteiger partial charge in [0.25, 0.3) is 0 Å². The molecule has 0 bridgehead atoms. The highest BCUT2D eigenvalue weighted by molar-refractivity contribution is 5.56. The molecule has 0 N–H and O–H groups in total. The van der Waals surface area contributed by atoms with Gasteiger partial charge in [-0.05, 0) is 43.9 Å². The second-order valence-corrected chi connectivity index (χ2v) is 6.63. The van der Waals surface area contributed by atoms with Crippen LogP contribution >= 0.6 is 0 Å². The molecule has 5 heteroatoms. The number of benzene rings is 1. The van der Waals surface area contributed by atoms with Crippen LogP contribution in [0.4, 0.5) is 0 Å². The van der Waals surface area contributed by atoms with Crippen LogP contribution in [0.2, 0.25) is 0 Å². The van der Waals surface area contributed by atoms with Crippen LogP contribution in [0, 0.1) is 5.92 Å². The zero-order valence-corrected chi connectivity index (χ0v) is 14.2. The van der Waals surface area contributed by atoms with Crippen molar-refractivity contribution in [2.24, 2.45) is 5.92 Å². The first-order valence-electron chi connectivity index (χ1n) is 8.36. The molecule has 1 heterocycles. The summed E-state index contributed by atoms with van der Waals surface area (Å²) in [6.45, 7) is 6.37. The summed E-state index contributed by atoms with van der Waals surface area (Å²) in [4.78, 5) is 7.03. The molecule has 1 fully saturated rings. The van der Waals surface area contributed by atoms with Crippen LogP contribution in [0.1, 0.15) is 39.0 Å². The Morgan fingerprint density at radius 1 is 1.35 bits per heavy atom. The molecule has 1 aliphatic rings. The van der Waals surface area contributed by atoms with Gasteiger partial charge in [0.2, 0.25) is 11.7 Å². The van der Waals surface area contributed by atoms with Gasteiger partial charge in [-0.15, -0.1) is 0 Å². The monoisotopic (exact) mass is 315 g/mol. The maximum absolute atomic E-state index is 5.46. The first kappa shape index (κ1) is 16.0. The van der Waals surface area contributed by atoms with E-state index in [1.165, 1.54) is 19.3 Å². The minimum Gasteiger partial charge on any atom is -0.497 e. The standard InChI is InChI=1S/C18H25N3O2/c1-13(2)9-10-21(15-7-8-15)12-17-19-18(20-23-17)14-5-4-6-16(11-14)22-3/h4-6,11,13,15H,7-10,12H2,1-3H3. The minimum atomic E-state index is 0.624. The van der Waals surface area contributed by atoms with Crippen molar-refractivity contribution in [2.75, 3.05) is 13.7 Å². The van der Waals surface area contributed by atoms with E-state index in [4.69, 9.17) is 9.26 Å². The van der Waals surface area contributed by atoms with E-state index >= 15 is 0 Å². The molecule has 1 aliphatic carbocycles. The summed E-state index contributed by atoms with van der Waals surface area (Å²) in [5.41, 5.74) is 0.916. The second kappa shape index (κ2) is 7.13. The molecule has 2 aromatic rings. The Hall–Kier alpha value is -1.88. The normalized spacial score (nSPS) is 14.7. The van der Waals surface area contributed by atoms with E-state index in [9.17, 15) is 0 Å². The molecule has 0 spiro atoms. The Morgan fingerprint density at radius 2 is 2.17 bits per heavy atom. The number of nitrogens with zero attached hydrogens (tertiary/aromatic N) is 3. The SMILES string of the molecule is COc1cccc(-c2noc(CN(CCC(C)C)C3CC3)n2)c1. The Labute approximate surface area is 137 Å². The minimum absolute atomic E-state index is 0.624. The van der Waals surface area contributed by atoms with E-state index in [1.807, 2.05) is 24.3 Å². The van der Waals surface area contributed by atoms with Crippen molar-refractivity contribution in [1.82, 2.24) is 15.0 Å². The average molecular weight is 315 g/mol. The molecule has 3 rings (SSSR count). The summed E-state index contributed by atoms with van der Waals surface area (Å²) in [6.07, 6.45) is 3.78. The molecule has 23 heavy (non-hydrogen) atoms. The molecular formula is C18H25N3O2. The third-order valence-corrected chi connectivity index (χ3v) is 4.19. The number of methoxy groups -OCH3 is 1. The molecule has 5 nitrogen and oxygen atoms in total. The fourth-order valence-electron chi connectivity index (χ4n) is 2.63. The molecule has 1 aromatic heterocycles. The van der Waals surface area contributed by atoms with Crippen LogP contribution in [0.25, 0.3) is 11.4 Å². The molecule has 124 valence electrons. The third kappa shape index (κ3) is 4.32. The molecule has 1 aromatic carbocycles. The van der Waals surface area contributed by atoms with E-state index in [0.717, 1.165) is 24.4 Å². The van der Waals surface area contributed by atoms with Crippen LogP contribution in [-0.4, -0.2) is 34.7 Å². The van der Waals surface area contributed by atoms with E-state index in [1.54, 1.807) is 7.11 Å². The average Bonchev–Trinajstić information content (AvgIpc) is 3.30.